The number of nitrogens with two attached hydrogens (primary N) is 1. The van der Waals surface area contributed by atoms with Gasteiger partial charge in [-0.05, 0) is 6.42 Å². The quantitative estimate of drug-likeness (QED) is 0.0114. The summed E-state index contributed by atoms with van der Waals surface area (Å²) in [6.45, 7) is 16.9. The fraction of sp³-hybridized carbons (Fsp3) is 0.800. The van der Waals surface area contributed by atoms with E-state index >= 15 is 0 Å². The number of carboxylic acids is 8. The van der Waals surface area contributed by atoms with Crippen molar-refractivity contribution in [3.05, 3.63) is 36.4 Å². The van der Waals surface area contributed by atoms with Gasteiger partial charge in [-0.15, -0.1) is 4.58 Å². The van der Waals surface area contributed by atoms with Crippen LogP contribution in [0, 0.1) is 0 Å². The van der Waals surface area contributed by atoms with Crippen LogP contribution in [0.5, 0.6) is 0 Å². The van der Waals surface area contributed by atoms with Gasteiger partial charge in [0.25, 0.3) is 0 Å². The number of aromatic amines is 2. The fourth-order valence-corrected chi connectivity index (χ4v) is 14.4. The van der Waals surface area contributed by atoms with Gasteiger partial charge in [-0.1, -0.05) is 4.65 Å². The minimum atomic E-state index is -1.43. The lowest BCUT2D eigenvalue weighted by Crippen LogP contribution is -2.94. The molecule has 2 aromatic rings. The lowest BCUT2D eigenvalue weighted by atomic mass is 9.91. The van der Waals surface area contributed by atoms with Crippen molar-refractivity contribution >= 4 is 77.4 Å². The molecule has 138 heavy (non-hydrogen) atoms. The highest BCUT2D eigenvalue weighted by Crippen LogP contribution is 2.32. The van der Waals surface area contributed by atoms with Crippen LogP contribution in [0.2, 0.25) is 0 Å². The number of nitrogens with one attached hydrogen (secondary N) is 2. The zero-order chi connectivity index (χ0) is 112. The molecule has 0 aromatic carbocycles. The molecule has 0 spiro atoms. The first-order valence-electron chi connectivity index (χ1n) is 46.4. The second-order valence-electron chi connectivity index (χ2n) is 49.3. The van der Waals surface area contributed by atoms with Crippen molar-refractivity contribution in [1.29, 1.82) is 0 Å². The molecule has 1 saturated heterocycles. The van der Waals surface area contributed by atoms with Gasteiger partial charge in [0.05, 0.1) is 333 Å². The van der Waals surface area contributed by atoms with Crippen LogP contribution in [-0.4, -0.2) is 603 Å². The molecule has 0 bridgehead atoms. The number of carbonyl (C=O) groups excluding carboxylic acids is 3. The zero-order valence-electron chi connectivity index (χ0n) is 96.1. The minimum Gasteiger partial charge on any atom is -0.477 e. The summed E-state index contributed by atoms with van der Waals surface area (Å²) < 4.78 is 7.94. The predicted molar refractivity (Wildman–Crippen MR) is 536 cm³/mol. The summed E-state index contributed by atoms with van der Waals surface area (Å²) >= 11 is 0. The molecule has 12 N–H and O–H groups in total. The first-order valence-corrected chi connectivity index (χ1v) is 46.4. The van der Waals surface area contributed by atoms with Gasteiger partial charge < -0.3 is 87.5 Å². The van der Waals surface area contributed by atoms with Crippen LogP contribution < -0.4 is 5.32 Å². The molecule has 0 saturated carbocycles. The Morgan fingerprint density at radius 3 is 1.00 bits per heavy atom. The number of likely N-dealkylation sites (N-methyl/N-ethyl adjacent to an activating group) is 8. The number of guanidine groups is 2. The third-order valence-electron chi connectivity index (χ3n) is 27.4. The van der Waals surface area contributed by atoms with Gasteiger partial charge in [0, 0.05) is 118 Å². The molecule has 1 aliphatic heterocycles. The average Bonchev–Trinajstić information content (AvgIpc) is 0.828. The maximum absolute atomic E-state index is 12.7. The number of hydrogen-bond donors (Lipinski definition) is 11. The third-order valence-corrected chi connectivity index (χ3v) is 27.4. The molecular weight excluding hydrogens is 1790 g/mol. The van der Waals surface area contributed by atoms with Crippen LogP contribution in [0.4, 0.5) is 0 Å². The van der Waals surface area contributed by atoms with E-state index in [1.165, 1.54) is 13.3 Å². The van der Waals surface area contributed by atoms with Gasteiger partial charge in [0.2, 0.25) is 5.54 Å². The Morgan fingerprint density at radius 2 is 0.768 bits per heavy atom. The Kier molecular flexibility index (Phi) is 51.4. The van der Waals surface area contributed by atoms with Gasteiger partial charge in [0.15, 0.2) is 33.2 Å². The molecule has 0 radical (unpaired) electrons. The summed E-state index contributed by atoms with van der Waals surface area (Å²) in [6.07, 6.45) is 12.2. The largest absolute Gasteiger partial charge is 0.564 e. The van der Waals surface area contributed by atoms with E-state index in [9.17, 15) is 88.5 Å². The van der Waals surface area contributed by atoms with E-state index in [1.54, 1.807) is 138 Å². The molecule has 43 nitrogen and oxygen atoms in total. The lowest BCUT2D eigenvalue weighted by Gasteiger charge is -2.41. The van der Waals surface area contributed by atoms with Crippen LogP contribution in [0.25, 0.3) is 0 Å². The predicted octanol–water partition coefficient (Wildman–Crippen LogP) is 1.77. The summed E-state index contributed by atoms with van der Waals surface area (Å²) in [5.41, 5.74) is -5.94. The normalized spacial score (nSPS) is 17.1. The summed E-state index contributed by atoms with van der Waals surface area (Å²) in [7, 11) is 83.3. The highest BCUT2D eigenvalue weighted by Gasteiger charge is 2.61. The molecule has 8 unspecified atom stereocenters. The number of nitrogens with zero attached hydrogens (tertiary/aromatic N) is 19. The van der Waals surface area contributed by atoms with Crippen LogP contribution in [0.15, 0.2) is 25.0 Å². The van der Waals surface area contributed by atoms with Gasteiger partial charge in [0.1, 0.15) is 47.8 Å². The number of hydroxylamine groups is 6. The number of quaternary nitrogens is 14. The van der Waals surface area contributed by atoms with Gasteiger partial charge in [-0.25, -0.2) is 67.5 Å². The van der Waals surface area contributed by atoms with Gasteiger partial charge >= 0.3 is 82.9 Å². The molecule has 0 aliphatic carbocycles. The minimum absolute atomic E-state index is 0.00167. The Bertz CT molecular complexity index is 4310. The van der Waals surface area contributed by atoms with Gasteiger partial charge in [-0.2, -0.15) is 14.0 Å². The molecule has 3 heterocycles. The first-order chi connectivity index (χ1) is 60.7. The van der Waals surface area contributed by atoms with Crippen molar-refractivity contribution in [1.82, 2.24) is 29.7 Å². The third kappa shape index (κ3) is 41.2. The Hall–Kier alpha value is -8.51. The average molecular weight is 1990 g/mol. The number of aliphatic carboxylic acids is 8. The molecular formula is C95H204N22O21+16. The fourth-order valence-electron chi connectivity index (χ4n) is 14.4. The maximum atomic E-state index is 12.7. The summed E-state index contributed by atoms with van der Waals surface area (Å²) in [4.78, 5) is 157. The SMILES string of the molecule is CC(C(=O)O)(C(=O)[N+](C)(C)C)[N+](C)(C)C.CC(CCC(=O)[N+](C)(C)C)(C(=O)O)[N+](C)(C)C.CC(CCO[N+](C)(C)C)(C(=O)O)[N+](C)(C)C.CC(Cc1cnc[nH]1)(C(=O)O)[N+](C)(C)C.CC(Cc1cnc[nH]1)(C(=O)O)[N+](C)(C)C(=O)CC[N+](C)(C)C.CC1(C(=O)O)CCC[NH2+]1.CN(C)C(N(C)CCCC(C)(C(=O)O)[N+](C)(C)C)=[N+](C)C.C[N+](C)=C([N+](C)(C)C)[N+](C)(C)OCCC(C)(C(=O)O)[N+](C)(C)C. The topological polar surface area (TPSA) is 455 Å². The van der Waals surface area contributed by atoms with Crippen molar-refractivity contribution < 1.29 is 176 Å². The van der Waals surface area contributed by atoms with E-state index < -0.39 is 92.1 Å². The van der Waals surface area contributed by atoms with Crippen molar-refractivity contribution in [2.24, 2.45) is 0 Å². The van der Waals surface area contributed by atoms with E-state index in [4.69, 9.17) is 14.8 Å². The van der Waals surface area contributed by atoms with E-state index in [0.29, 0.717) is 100 Å². The van der Waals surface area contributed by atoms with E-state index in [2.05, 4.69) is 60.0 Å². The molecule has 804 valence electrons. The molecule has 1 aliphatic rings. The standard InChI is InChI=1S/C16H37N4O3.C15H26N4O3.C15H33N4O2.C12H25N2O3.C11H25N2O3.C10H17N3O2.C10H21N2O3.C6H11NO2/c1-16(14(21)22,19(7,8)9)12-13-23-20(10,11)15(17(2)3)18(4,5)6;1-15(14(21)22,9-12-10-16-11-17-12)19(5,6)13(20)7-8-18(2,3)4;1-15(13(20)21,19(7,8)9)11-10-12-18(6)14(16(2)3)17(4)5;1-12(11(16)17,14(5,6)7)9-8-10(15)13(2,3)4;1-11(10(14)15,12(2,3)4)8-9-16-13(5,6)7;1-10(9(14)15,13(2,3)4)5-8-6-11-7-12-8;1-10(9(14)15,12(5,6)7)8(13)11(2,3)4;1-6(5(8)9)3-2-4-7-6/h12-13H2,1-11H3;10-11H,7-9H2,1-6H3;10-12H2,1-9H3;8-9H2,1-7H3;8-9H2,1-7H3;6-7H,5H2,1-4H3,(H-,11,12,14,15);1-7H3;7H,2-4H2,1H3,(H,8,9)/q+3;;3*+1;;+1;/p+9. The van der Waals surface area contributed by atoms with E-state index in [0.717, 1.165) is 50.0 Å². The second kappa shape index (κ2) is 51.4. The number of rotatable bonds is 38. The molecule has 2 aromatic heterocycles. The molecule has 8 atom stereocenters. The smallest absolute Gasteiger partial charge is 0.477 e. The Morgan fingerprint density at radius 1 is 0.428 bits per heavy atom. The Labute approximate surface area is 829 Å². The van der Waals surface area contributed by atoms with Gasteiger partial charge in [-0.3, -0.25) is 27.8 Å². The summed E-state index contributed by atoms with van der Waals surface area (Å²) in [5, 5.41) is 76.7. The second-order valence-corrected chi connectivity index (χ2v) is 49.3. The number of hydrogen-bond acceptors (Lipinski definition) is 15. The van der Waals surface area contributed by atoms with E-state index in [1.807, 2.05) is 224 Å². The highest BCUT2D eigenvalue weighted by atomic mass is 16.7. The zero-order valence-corrected chi connectivity index (χ0v) is 96.1. The van der Waals surface area contributed by atoms with Crippen molar-refractivity contribution in [2.75, 3.05) is 343 Å². The number of amides is 3. The molecule has 1 fully saturated rings. The van der Waals surface area contributed by atoms with Crippen LogP contribution in [0.1, 0.15) is 125 Å². The number of H-pyrrole nitrogens is 2. The highest BCUT2D eigenvalue weighted by molar-refractivity contribution is 6.01. The molecule has 3 rings (SSSR count). The monoisotopic (exact) mass is 1990 g/mol. The Balaban J connectivity index is -0.000000493. The number of carbonyl (C=O) groups is 11. The van der Waals surface area contributed by atoms with Crippen molar-refractivity contribution in [3.8, 4) is 0 Å². The first kappa shape index (κ1) is 138. The van der Waals surface area contributed by atoms with Crippen molar-refractivity contribution in [2.45, 2.75) is 170 Å². The molecule has 3 amide bonds. The number of imidazole rings is 2. The van der Waals surface area contributed by atoms with Crippen LogP contribution >= 0.6 is 0 Å². The number of aromatic nitrogens is 4. The maximum Gasteiger partial charge on any atom is 0.564 e. The summed E-state index contributed by atoms with van der Waals surface area (Å²) in [6, 6.07) is 0. The molecule has 43 heteroatoms. The number of carboxylic acid groups (broad SMARTS) is 8. The van der Waals surface area contributed by atoms with E-state index in [-0.39, 0.29) is 53.1 Å². The summed E-state index contributed by atoms with van der Waals surface area (Å²) in [5.74, 6) is -4.94. The van der Waals surface area contributed by atoms with Crippen LogP contribution in [0.3, 0.4) is 0 Å². The van der Waals surface area contributed by atoms with Crippen molar-refractivity contribution in [3.63, 3.8) is 0 Å². The lowest BCUT2D eigenvalue weighted by molar-refractivity contribution is -1.07. The van der Waals surface area contributed by atoms with Crippen LogP contribution in [-0.2, 0) is 75.3 Å².